The lowest BCUT2D eigenvalue weighted by Crippen LogP contribution is -2.02. The van der Waals surface area contributed by atoms with Crippen LogP contribution in [0.25, 0.3) is 0 Å². The molecule has 0 heterocycles. The molecule has 0 saturated heterocycles. The first-order chi connectivity index (χ1) is 9.19. The summed E-state index contributed by atoms with van der Waals surface area (Å²) in [7, 11) is 1.39. The van der Waals surface area contributed by atoms with Crippen LogP contribution in [-0.4, -0.2) is 13.1 Å². The standard InChI is InChI=1S/C16H17NO2/c1-19-16(18)14-4-2-3-13(11-14)6-5-12-7-9-15(17)10-8-12/h2-4,7-11H,5-6,17H2,1H3. The summed E-state index contributed by atoms with van der Waals surface area (Å²) in [6.45, 7) is 0. The van der Waals surface area contributed by atoms with Crippen LogP contribution in [0.4, 0.5) is 5.69 Å². The Balaban J connectivity index is 2.03. The van der Waals surface area contributed by atoms with E-state index in [0.717, 1.165) is 24.1 Å². The van der Waals surface area contributed by atoms with Gasteiger partial charge in [-0.05, 0) is 48.2 Å². The molecule has 3 nitrogen and oxygen atoms in total. The fraction of sp³-hybridized carbons (Fsp3) is 0.188. The van der Waals surface area contributed by atoms with Crippen molar-refractivity contribution in [3.8, 4) is 0 Å². The first-order valence-electron chi connectivity index (χ1n) is 6.21. The van der Waals surface area contributed by atoms with Gasteiger partial charge >= 0.3 is 5.97 Å². The number of anilines is 1. The number of methoxy groups -OCH3 is 1. The van der Waals surface area contributed by atoms with Gasteiger partial charge in [-0.15, -0.1) is 0 Å². The van der Waals surface area contributed by atoms with E-state index in [0.29, 0.717) is 5.56 Å². The Morgan fingerprint density at radius 3 is 2.42 bits per heavy atom. The van der Waals surface area contributed by atoms with Crippen LogP contribution in [0.15, 0.2) is 48.5 Å². The lowest BCUT2D eigenvalue weighted by molar-refractivity contribution is 0.0600. The lowest BCUT2D eigenvalue weighted by atomic mass is 10.0. The van der Waals surface area contributed by atoms with Crippen molar-refractivity contribution >= 4 is 11.7 Å². The molecule has 0 amide bonds. The predicted octanol–water partition coefficient (Wildman–Crippen LogP) is 2.84. The number of esters is 1. The van der Waals surface area contributed by atoms with Crippen molar-refractivity contribution in [2.75, 3.05) is 12.8 Å². The third-order valence-corrected chi connectivity index (χ3v) is 3.03. The Morgan fingerprint density at radius 1 is 1.05 bits per heavy atom. The minimum Gasteiger partial charge on any atom is -0.465 e. The molecule has 0 aliphatic carbocycles. The molecule has 0 aromatic heterocycles. The van der Waals surface area contributed by atoms with E-state index in [1.165, 1.54) is 12.7 Å². The summed E-state index contributed by atoms with van der Waals surface area (Å²) >= 11 is 0. The molecule has 0 fully saturated rings. The number of nitrogens with two attached hydrogens (primary N) is 1. The van der Waals surface area contributed by atoms with E-state index < -0.39 is 0 Å². The topological polar surface area (TPSA) is 52.3 Å². The third kappa shape index (κ3) is 3.58. The molecule has 2 rings (SSSR count). The Hall–Kier alpha value is -2.29. The first kappa shape index (κ1) is 13.1. The second-order valence-electron chi connectivity index (χ2n) is 4.43. The maximum atomic E-state index is 11.4. The molecular formula is C16H17NO2. The summed E-state index contributed by atoms with van der Waals surface area (Å²) in [5.41, 5.74) is 9.38. The highest BCUT2D eigenvalue weighted by atomic mass is 16.5. The summed E-state index contributed by atoms with van der Waals surface area (Å²) in [5, 5.41) is 0. The number of aryl methyl sites for hydroxylation is 2. The highest BCUT2D eigenvalue weighted by molar-refractivity contribution is 5.89. The number of nitrogen functional groups attached to an aromatic ring is 1. The molecule has 3 heteroatoms. The summed E-state index contributed by atoms with van der Waals surface area (Å²) < 4.78 is 4.71. The molecular weight excluding hydrogens is 238 g/mol. The van der Waals surface area contributed by atoms with Gasteiger partial charge < -0.3 is 10.5 Å². The quantitative estimate of drug-likeness (QED) is 0.675. The Morgan fingerprint density at radius 2 is 1.74 bits per heavy atom. The Bertz CT molecular complexity index is 561. The van der Waals surface area contributed by atoms with Crippen LogP contribution < -0.4 is 5.73 Å². The second kappa shape index (κ2) is 6.05. The largest absolute Gasteiger partial charge is 0.465 e. The van der Waals surface area contributed by atoms with Crippen LogP contribution in [-0.2, 0) is 17.6 Å². The maximum Gasteiger partial charge on any atom is 0.337 e. The van der Waals surface area contributed by atoms with E-state index >= 15 is 0 Å². The average Bonchev–Trinajstić information content (AvgIpc) is 2.46. The van der Waals surface area contributed by atoms with E-state index in [4.69, 9.17) is 10.5 Å². The van der Waals surface area contributed by atoms with Crippen molar-refractivity contribution in [2.24, 2.45) is 0 Å². The van der Waals surface area contributed by atoms with Crippen LogP contribution >= 0.6 is 0 Å². The number of hydrogen-bond acceptors (Lipinski definition) is 3. The summed E-state index contributed by atoms with van der Waals surface area (Å²) in [4.78, 5) is 11.4. The highest BCUT2D eigenvalue weighted by Crippen LogP contribution is 2.12. The molecule has 0 atom stereocenters. The zero-order chi connectivity index (χ0) is 13.7. The molecule has 0 radical (unpaired) electrons. The van der Waals surface area contributed by atoms with Crippen LogP contribution in [0.1, 0.15) is 21.5 Å². The van der Waals surface area contributed by atoms with Crippen molar-refractivity contribution in [1.82, 2.24) is 0 Å². The fourth-order valence-corrected chi connectivity index (χ4v) is 1.94. The minimum absolute atomic E-state index is 0.297. The minimum atomic E-state index is -0.297. The van der Waals surface area contributed by atoms with E-state index in [-0.39, 0.29) is 5.97 Å². The molecule has 19 heavy (non-hydrogen) atoms. The Kier molecular flexibility index (Phi) is 4.18. The molecule has 0 aliphatic rings. The fourth-order valence-electron chi connectivity index (χ4n) is 1.94. The van der Waals surface area contributed by atoms with Gasteiger partial charge in [-0.1, -0.05) is 24.3 Å². The summed E-state index contributed by atoms with van der Waals surface area (Å²) in [5.74, 6) is -0.297. The van der Waals surface area contributed by atoms with E-state index in [1.54, 1.807) is 6.07 Å². The number of benzene rings is 2. The molecule has 0 unspecified atom stereocenters. The van der Waals surface area contributed by atoms with Gasteiger partial charge in [-0.25, -0.2) is 4.79 Å². The van der Waals surface area contributed by atoms with Gasteiger partial charge in [0.25, 0.3) is 0 Å². The molecule has 2 N–H and O–H groups in total. The van der Waals surface area contributed by atoms with E-state index in [1.807, 2.05) is 42.5 Å². The van der Waals surface area contributed by atoms with Crippen LogP contribution in [0, 0.1) is 0 Å². The van der Waals surface area contributed by atoms with Crippen molar-refractivity contribution < 1.29 is 9.53 Å². The van der Waals surface area contributed by atoms with Crippen molar-refractivity contribution in [3.63, 3.8) is 0 Å². The van der Waals surface area contributed by atoms with Gasteiger partial charge in [0, 0.05) is 5.69 Å². The van der Waals surface area contributed by atoms with Gasteiger partial charge in [0.1, 0.15) is 0 Å². The molecule has 2 aromatic rings. The lowest BCUT2D eigenvalue weighted by Gasteiger charge is -2.05. The predicted molar refractivity (Wildman–Crippen MR) is 76.0 cm³/mol. The summed E-state index contributed by atoms with van der Waals surface area (Å²) in [6.07, 6.45) is 1.81. The van der Waals surface area contributed by atoms with E-state index in [9.17, 15) is 4.79 Å². The van der Waals surface area contributed by atoms with E-state index in [2.05, 4.69) is 0 Å². The molecule has 0 bridgehead atoms. The smallest absolute Gasteiger partial charge is 0.337 e. The number of rotatable bonds is 4. The number of hydrogen-bond donors (Lipinski definition) is 1. The van der Waals surface area contributed by atoms with Crippen LogP contribution in [0.2, 0.25) is 0 Å². The maximum absolute atomic E-state index is 11.4. The van der Waals surface area contributed by atoms with Crippen molar-refractivity contribution in [1.29, 1.82) is 0 Å². The van der Waals surface area contributed by atoms with Crippen LogP contribution in [0.5, 0.6) is 0 Å². The molecule has 0 aliphatic heterocycles. The molecule has 0 saturated carbocycles. The number of carbonyl (C=O) groups is 1. The molecule has 98 valence electrons. The number of carbonyl (C=O) groups excluding carboxylic acids is 1. The van der Waals surface area contributed by atoms with Gasteiger partial charge in [0.05, 0.1) is 12.7 Å². The van der Waals surface area contributed by atoms with Gasteiger partial charge in [0.15, 0.2) is 0 Å². The molecule has 0 spiro atoms. The molecule has 2 aromatic carbocycles. The SMILES string of the molecule is COC(=O)c1cccc(CCc2ccc(N)cc2)c1. The van der Waals surface area contributed by atoms with Crippen molar-refractivity contribution in [2.45, 2.75) is 12.8 Å². The normalized spacial score (nSPS) is 10.2. The zero-order valence-corrected chi connectivity index (χ0v) is 10.9. The third-order valence-electron chi connectivity index (χ3n) is 3.03. The van der Waals surface area contributed by atoms with Gasteiger partial charge in [-0.2, -0.15) is 0 Å². The zero-order valence-electron chi connectivity index (χ0n) is 10.9. The van der Waals surface area contributed by atoms with Gasteiger partial charge in [-0.3, -0.25) is 0 Å². The average molecular weight is 255 g/mol. The van der Waals surface area contributed by atoms with Crippen molar-refractivity contribution in [3.05, 3.63) is 65.2 Å². The monoisotopic (exact) mass is 255 g/mol. The first-order valence-corrected chi connectivity index (χ1v) is 6.21. The second-order valence-corrected chi connectivity index (χ2v) is 4.43. The van der Waals surface area contributed by atoms with Gasteiger partial charge in [0.2, 0.25) is 0 Å². The highest BCUT2D eigenvalue weighted by Gasteiger charge is 2.05. The number of ether oxygens (including phenoxy) is 1. The van der Waals surface area contributed by atoms with Crippen LogP contribution in [0.3, 0.4) is 0 Å². The summed E-state index contributed by atoms with van der Waals surface area (Å²) in [6, 6.07) is 15.4. The Labute approximate surface area is 113 Å².